The van der Waals surface area contributed by atoms with E-state index < -0.39 is 5.92 Å². The maximum atomic E-state index is 12.9. The minimum Gasteiger partial charge on any atom is -0.457 e. The van der Waals surface area contributed by atoms with E-state index in [2.05, 4.69) is 10.5 Å². The van der Waals surface area contributed by atoms with Crippen molar-refractivity contribution in [2.75, 3.05) is 19.0 Å². The Labute approximate surface area is 157 Å². The zero-order chi connectivity index (χ0) is 18.8. The van der Waals surface area contributed by atoms with Crippen LogP contribution in [0.1, 0.15) is 22.8 Å². The molecule has 6 heteroatoms. The fourth-order valence-corrected chi connectivity index (χ4v) is 3.07. The van der Waals surface area contributed by atoms with Crippen molar-refractivity contribution < 1.29 is 13.9 Å². The number of hydrogen-bond donors (Lipinski definition) is 1. The van der Waals surface area contributed by atoms with Crippen LogP contribution in [-0.2, 0) is 4.79 Å². The third-order valence-electron chi connectivity index (χ3n) is 4.36. The van der Waals surface area contributed by atoms with E-state index in [1.807, 2.05) is 73.6 Å². The molecule has 27 heavy (non-hydrogen) atoms. The standard InChI is InChI=1S/C21H19N3O3/c1-24(2)19-12-11-14(26-19)13-22-23-21(25)20-15-7-3-5-9-17(15)27-18-10-6-4-8-16(18)20/h3-13,20H,1-2H3,(H,23,25)/b22-13+. The van der Waals surface area contributed by atoms with E-state index in [4.69, 9.17) is 9.15 Å². The van der Waals surface area contributed by atoms with Crippen LogP contribution in [-0.4, -0.2) is 26.2 Å². The van der Waals surface area contributed by atoms with Gasteiger partial charge in [0, 0.05) is 31.3 Å². The Morgan fingerprint density at radius 3 is 2.22 bits per heavy atom. The molecule has 0 bridgehead atoms. The summed E-state index contributed by atoms with van der Waals surface area (Å²) in [6, 6.07) is 18.7. The lowest BCUT2D eigenvalue weighted by Gasteiger charge is -2.26. The minimum absolute atomic E-state index is 0.228. The molecule has 1 N–H and O–H groups in total. The molecule has 0 aliphatic carbocycles. The van der Waals surface area contributed by atoms with Crippen LogP contribution < -0.4 is 15.1 Å². The molecule has 1 aliphatic heterocycles. The first-order chi connectivity index (χ1) is 13.1. The lowest BCUT2D eigenvalue weighted by atomic mass is 9.87. The third kappa shape index (κ3) is 3.29. The predicted octanol–water partition coefficient (Wildman–Crippen LogP) is 3.73. The largest absolute Gasteiger partial charge is 0.457 e. The number of hydrazone groups is 1. The van der Waals surface area contributed by atoms with E-state index in [9.17, 15) is 4.79 Å². The van der Waals surface area contributed by atoms with Gasteiger partial charge in [0.1, 0.15) is 17.3 Å². The van der Waals surface area contributed by atoms with E-state index in [-0.39, 0.29) is 5.91 Å². The fraction of sp³-hybridized carbons (Fsp3) is 0.143. The summed E-state index contributed by atoms with van der Waals surface area (Å²) < 4.78 is 11.5. The molecule has 0 fully saturated rings. The van der Waals surface area contributed by atoms with Gasteiger partial charge in [-0.25, -0.2) is 5.43 Å². The van der Waals surface area contributed by atoms with Gasteiger partial charge in [-0.1, -0.05) is 36.4 Å². The molecule has 1 aromatic heterocycles. The fourth-order valence-electron chi connectivity index (χ4n) is 3.07. The van der Waals surface area contributed by atoms with E-state index in [1.54, 1.807) is 6.07 Å². The number of carbonyl (C=O) groups is 1. The number of rotatable bonds is 4. The molecular formula is C21H19N3O3. The summed E-state index contributed by atoms with van der Waals surface area (Å²) in [5, 5.41) is 4.06. The lowest BCUT2D eigenvalue weighted by molar-refractivity contribution is -0.121. The number of para-hydroxylation sites is 2. The monoisotopic (exact) mass is 361 g/mol. The molecule has 0 radical (unpaired) electrons. The normalized spacial score (nSPS) is 13.0. The maximum Gasteiger partial charge on any atom is 0.252 e. The first-order valence-electron chi connectivity index (χ1n) is 8.59. The van der Waals surface area contributed by atoms with Crippen LogP contribution in [0.2, 0.25) is 0 Å². The molecule has 0 unspecified atom stereocenters. The molecule has 136 valence electrons. The van der Waals surface area contributed by atoms with Crippen molar-refractivity contribution >= 4 is 18.0 Å². The number of nitrogens with one attached hydrogen (secondary N) is 1. The van der Waals surface area contributed by atoms with Gasteiger partial charge in [-0.05, 0) is 18.2 Å². The number of ether oxygens (including phenoxy) is 1. The van der Waals surface area contributed by atoms with Gasteiger partial charge >= 0.3 is 0 Å². The summed E-state index contributed by atoms with van der Waals surface area (Å²) in [5.74, 6) is 1.93. The van der Waals surface area contributed by atoms with Gasteiger partial charge in [0.2, 0.25) is 0 Å². The van der Waals surface area contributed by atoms with Gasteiger partial charge in [-0.3, -0.25) is 4.79 Å². The number of carbonyl (C=O) groups excluding carboxylic acids is 1. The van der Waals surface area contributed by atoms with E-state index in [1.165, 1.54) is 6.21 Å². The average Bonchev–Trinajstić information content (AvgIpc) is 3.15. The second-order valence-corrected chi connectivity index (χ2v) is 6.42. The average molecular weight is 361 g/mol. The highest BCUT2D eigenvalue weighted by atomic mass is 16.5. The molecule has 0 saturated heterocycles. The molecule has 4 rings (SSSR count). The van der Waals surface area contributed by atoms with Crippen molar-refractivity contribution in [1.29, 1.82) is 0 Å². The van der Waals surface area contributed by atoms with Crippen molar-refractivity contribution in [3.05, 3.63) is 77.6 Å². The Kier molecular flexibility index (Phi) is 4.38. The van der Waals surface area contributed by atoms with Crippen molar-refractivity contribution in [2.24, 2.45) is 5.10 Å². The van der Waals surface area contributed by atoms with Crippen LogP contribution in [0.25, 0.3) is 0 Å². The quantitative estimate of drug-likeness (QED) is 0.568. The number of amides is 1. The number of fused-ring (bicyclic) bond motifs is 2. The summed E-state index contributed by atoms with van der Waals surface area (Å²) >= 11 is 0. The number of furan rings is 1. The Balaban J connectivity index is 1.57. The molecule has 2 heterocycles. The van der Waals surface area contributed by atoms with Gasteiger partial charge in [0.25, 0.3) is 5.91 Å². The highest BCUT2D eigenvalue weighted by Crippen LogP contribution is 2.43. The molecule has 0 saturated carbocycles. The Morgan fingerprint density at radius 1 is 1.00 bits per heavy atom. The SMILES string of the molecule is CN(C)c1ccc(/C=N/NC(=O)C2c3ccccc3Oc3ccccc32)o1. The van der Waals surface area contributed by atoms with Crippen LogP contribution in [0.4, 0.5) is 5.88 Å². The summed E-state index contributed by atoms with van der Waals surface area (Å²) in [5.41, 5.74) is 4.26. The summed E-state index contributed by atoms with van der Waals surface area (Å²) in [6.07, 6.45) is 1.49. The van der Waals surface area contributed by atoms with Gasteiger partial charge in [0.15, 0.2) is 5.88 Å². The highest BCUT2D eigenvalue weighted by molar-refractivity contribution is 5.90. The second-order valence-electron chi connectivity index (χ2n) is 6.42. The molecule has 2 aromatic carbocycles. The number of anilines is 1. The van der Waals surface area contributed by atoms with E-state index in [0.29, 0.717) is 17.3 Å². The van der Waals surface area contributed by atoms with Crippen molar-refractivity contribution in [3.63, 3.8) is 0 Å². The third-order valence-corrected chi connectivity index (χ3v) is 4.36. The lowest BCUT2D eigenvalue weighted by Crippen LogP contribution is -2.28. The highest BCUT2D eigenvalue weighted by Gasteiger charge is 2.32. The Morgan fingerprint density at radius 2 is 1.63 bits per heavy atom. The minimum atomic E-state index is -0.489. The molecule has 1 amide bonds. The van der Waals surface area contributed by atoms with Gasteiger partial charge in [-0.15, -0.1) is 0 Å². The van der Waals surface area contributed by atoms with E-state index in [0.717, 1.165) is 17.0 Å². The zero-order valence-electron chi connectivity index (χ0n) is 15.0. The number of benzene rings is 2. The smallest absolute Gasteiger partial charge is 0.252 e. The van der Waals surface area contributed by atoms with Gasteiger partial charge in [0.05, 0.1) is 12.1 Å². The summed E-state index contributed by atoms with van der Waals surface area (Å²) in [7, 11) is 3.78. The number of hydrogen-bond acceptors (Lipinski definition) is 5. The second kappa shape index (κ2) is 6.99. The van der Waals surface area contributed by atoms with Crippen LogP contribution in [0.15, 0.2) is 70.2 Å². The van der Waals surface area contributed by atoms with Crippen molar-refractivity contribution in [2.45, 2.75) is 5.92 Å². The van der Waals surface area contributed by atoms with Gasteiger partial charge < -0.3 is 14.1 Å². The molecular weight excluding hydrogens is 342 g/mol. The molecule has 0 spiro atoms. The first kappa shape index (κ1) is 16.9. The van der Waals surface area contributed by atoms with Crippen LogP contribution in [0.5, 0.6) is 11.5 Å². The van der Waals surface area contributed by atoms with E-state index >= 15 is 0 Å². The molecule has 6 nitrogen and oxygen atoms in total. The first-order valence-corrected chi connectivity index (χ1v) is 8.59. The van der Waals surface area contributed by atoms with Crippen LogP contribution in [0.3, 0.4) is 0 Å². The number of nitrogens with zero attached hydrogens (tertiary/aromatic N) is 2. The Bertz CT molecular complexity index is 962. The summed E-state index contributed by atoms with van der Waals surface area (Å²) in [4.78, 5) is 14.8. The summed E-state index contributed by atoms with van der Waals surface area (Å²) in [6.45, 7) is 0. The van der Waals surface area contributed by atoms with Crippen molar-refractivity contribution in [3.8, 4) is 11.5 Å². The van der Waals surface area contributed by atoms with Crippen LogP contribution in [0, 0.1) is 0 Å². The molecule has 3 aromatic rings. The maximum absolute atomic E-state index is 12.9. The topological polar surface area (TPSA) is 67.1 Å². The van der Waals surface area contributed by atoms with Crippen molar-refractivity contribution in [1.82, 2.24) is 5.43 Å². The van der Waals surface area contributed by atoms with Crippen LogP contribution >= 0.6 is 0 Å². The van der Waals surface area contributed by atoms with Gasteiger partial charge in [-0.2, -0.15) is 5.10 Å². The zero-order valence-corrected chi connectivity index (χ0v) is 15.0. The predicted molar refractivity (Wildman–Crippen MR) is 104 cm³/mol. The molecule has 1 aliphatic rings. The molecule has 0 atom stereocenters. The Hall–Kier alpha value is -3.54.